The average Bonchev–Trinajstić information content (AvgIpc) is 3.21. The van der Waals surface area contributed by atoms with E-state index in [1.165, 1.54) is 12.7 Å². The summed E-state index contributed by atoms with van der Waals surface area (Å²) >= 11 is 0. The van der Waals surface area contributed by atoms with Crippen LogP contribution in [0.2, 0.25) is 0 Å². The highest BCUT2D eigenvalue weighted by molar-refractivity contribution is 5.81. The first-order valence-corrected chi connectivity index (χ1v) is 9.40. The van der Waals surface area contributed by atoms with Crippen molar-refractivity contribution in [1.82, 2.24) is 35.0 Å². The molecule has 1 aliphatic heterocycles. The van der Waals surface area contributed by atoms with Crippen LogP contribution in [0.5, 0.6) is 5.88 Å². The summed E-state index contributed by atoms with van der Waals surface area (Å²) in [5, 5.41) is 7.05. The Labute approximate surface area is 168 Å². The highest BCUT2D eigenvalue weighted by Gasteiger charge is 2.33. The van der Waals surface area contributed by atoms with Crippen LogP contribution in [-0.2, 0) is 11.3 Å². The number of hydrogen-bond donors (Lipinski definition) is 1. The molecule has 3 aromatic heterocycles. The van der Waals surface area contributed by atoms with Crippen molar-refractivity contribution in [1.29, 1.82) is 0 Å². The van der Waals surface area contributed by atoms with Crippen LogP contribution >= 0.6 is 0 Å². The minimum Gasteiger partial charge on any atom is -0.475 e. The molecular formula is C19H22N8O2. The van der Waals surface area contributed by atoms with Gasteiger partial charge in [-0.1, -0.05) is 6.07 Å². The van der Waals surface area contributed by atoms with Gasteiger partial charge in [-0.25, -0.2) is 24.6 Å². The summed E-state index contributed by atoms with van der Waals surface area (Å²) in [5.74, 6) is 1.86. The first-order chi connectivity index (χ1) is 14.1. The molecule has 10 heteroatoms. The van der Waals surface area contributed by atoms with E-state index in [1.54, 1.807) is 17.2 Å². The molecule has 1 aliphatic rings. The Hall–Kier alpha value is -3.56. The minimum absolute atomic E-state index is 0.00570. The SMILES string of the molecule is CC(C)Oc1ncccc1CNC(=O)C1CN(c2cc(-n3cncn3)ncn2)C1. The second-order valence-electron chi connectivity index (χ2n) is 7.03. The maximum Gasteiger partial charge on any atom is 0.226 e. The maximum atomic E-state index is 12.5. The van der Waals surface area contributed by atoms with Crippen molar-refractivity contribution in [2.45, 2.75) is 26.5 Å². The van der Waals surface area contributed by atoms with Gasteiger partial charge in [-0.15, -0.1) is 0 Å². The van der Waals surface area contributed by atoms with E-state index in [0.29, 0.717) is 31.3 Å². The molecule has 1 saturated heterocycles. The molecule has 4 heterocycles. The van der Waals surface area contributed by atoms with Gasteiger partial charge in [0.15, 0.2) is 5.82 Å². The molecule has 4 rings (SSSR count). The van der Waals surface area contributed by atoms with Crippen molar-refractivity contribution in [2.24, 2.45) is 5.92 Å². The smallest absolute Gasteiger partial charge is 0.226 e. The van der Waals surface area contributed by atoms with Gasteiger partial charge in [-0.3, -0.25) is 4.79 Å². The monoisotopic (exact) mass is 394 g/mol. The number of ether oxygens (including phenoxy) is 1. The summed E-state index contributed by atoms with van der Waals surface area (Å²) < 4.78 is 7.27. The molecule has 0 bridgehead atoms. The molecule has 0 aromatic carbocycles. The van der Waals surface area contributed by atoms with Crippen molar-refractivity contribution in [2.75, 3.05) is 18.0 Å². The van der Waals surface area contributed by atoms with Crippen molar-refractivity contribution in [3.05, 3.63) is 48.9 Å². The van der Waals surface area contributed by atoms with Gasteiger partial charge in [-0.2, -0.15) is 5.10 Å². The van der Waals surface area contributed by atoms with Crippen LogP contribution in [0.15, 0.2) is 43.4 Å². The third-order valence-corrected chi connectivity index (χ3v) is 4.52. The number of carbonyl (C=O) groups is 1. The molecular weight excluding hydrogens is 372 g/mol. The minimum atomic E-state index is -0.0917. The van der Waals surface area contributed by atoms with Gasteiger partial charge < -0.3 is 15.0 Å². The third kappa shape index (κ3) is 4.31. The molecule has 150 valence electrons. The predicted octanol–water partition coefficient (Wildman–Crippen LogP) is 0.992. The summed E-state index contributed by atoms with van der Waals surface area (Å²) in [4.78, 5) is 31.2. The van der Waals surface area contributed by atoms with E-state index in [9.17, 15) is 4.79 Å². The first-order valence-electron chi connectivity index (χ1n) is 9.40. The van der Waals surface area contributed by atoms with E-state index in [1.807, 2.05) is 36.9 Å². The normalized spacial score (nSPS) is 14.0. The summed E-state index contributed by atoms with van der Waals surface area (Å²) in [6, 6.07) is 5.57. The molecule has 0 unspecified atom stereocenters. The summed E-state index contributed by atoms with van der Waals surface area (Å²) in [6.45, 7) is 5.47. The second kappa shape index (κ2) is 8.21. The number of anilines is 1. The van der Waals surface area contributed by atoms with E-state index in [0.717, 1.165) is 11.4 Å². The fraction of sp³-hybridized carbons (Fsp3) is 0.368. The van der Waals surface area contributed by atoms with Crippen LogP contribution in [-0.4, -0.2) is 54.8 Å². The van der Waals surface area contributed by atoms with E-state index in [2.05, 4.69) is 30.4 Å². The van der Waals surface area contributed by atoms with E-state index in [4.69, 9.17) is 4.74 Å². The molecule has 0 saturated carbocycles. The largest absolute Gasteiger partial charge is 0.475 e. The van der Waals surface area contributed by atoms with Gasteiger partial charge in [0.1, 0.15) is 24.8 Å². The number of aromatic nitrogens is 6. The molecule has 0 atom stereocenters. The second-order valence-corrected chi connectivity index (χ2v) is 7.03. The van der Waals surface area contributed by atoms with Gasteiger partial charge in [-0.05, 0) is 19.9 Å². The standard InChI is InChI=1S/C19H22N8O2/c1-13(2)29-19-14(4-3-5-21-19)7-22-18(28)15-8-26(9-15)16-6-17(24-11-23-16)27-12-20-10-25-27/h3-6,10-13,15H,7-9H2,1-2H3,(H,22,28). The number of hydrogen-bond acceptors (Lipinski definition) is 8. The maximum absolute atomic E-state index is 12.5. The molecule has 10 nitrogen and oxygen atoms in total. The molecule has 0 radical (unpaired) electrons. The van der Waals surface area contributed by atoms with E-state index in [-0.39, 0.29) is 17.9 Å². The Balaban J connectivity index is 1.32. The van der Waals surface area contributed by atoms with Crippen LogP contribution in [0.25, 0.3) is 5.82 Å². The summed E-state index contributed by atoms with van der Waals surface area (Å²) in [5.41, 5.74) is 0.860. The van der Waals surface area contributed by atoms with Crippen molar-refractivity contribution < 1.29 is 9.53 Å². The van der Waals surface area contributed by atoms with Crippen LogP contribution in [0.3, 0.4) is 0 Å². The van der Waals surface area contributed by atoms with Gasteiger partial charge in [0.25, 0.3) is 0 Å². The number of pyridine rings is 1. The lowest BCUT2D eigenvalue weighted by atomic mass is 9.99. The number of carbonyl (C=O) groups excluding carboxylic acids is 1. The molecule has 3 aromatic rings. The van der Waals surface area contributed by atoms with Gasteiger partial charge in [0, 0.05) is 37.5 Å². The molecule has 1 amide bonds. The van der Waals surface area contributed by atoms with Gasteiger partial charge in [0.05, 0.1) is 12.0 Å². The summed E-state index contributed by atoms with van der Waals surface area (Å²) in [7, 11) is 0. The Bertz CT molecular complexity index is 970. The zero-order chi connectivity index (χ0) is 20.2. The van der Waals surface area contributed by atoms with Crippen molar-refractivity contribution in [3.8, 4) is 11.7 Å². The quantitative estimate of drug-likeness (QED) is 0.632. The number of nitrogens with one attached hydrogen (secondary N) is 1. The highest BCUT2D eigenvalue weighted by Crippen LogP contribution is 2.24. The van der Waals surface area contributed by atoms with Crippen molar-refractivity contribution >= 4 is 11.7 Å². The number of amides is 1. The van der Waals surface area contributed by atoms with Crippen LogP contribution in [0, 0.1) is 5.92 Å². The predicted molar refractivity (Wildman–Crippen MR) is 104 cm³/mol. The Morgan fingerprint density at radius 3 is 2.83 bits per heavy atom. The molecule has 0 spiro atoms. The molecule has 29 heavy (non-hydrogen) atoms. The van der Waals surface area contributed by atoms with Crippen LogP contribution in [0.4, 0.5) is 5.82 Å². The Morgan fingerprint density at radius 1 is 1.24 bits per heavy atom. The average molecular weight is 394 g/mol. The lowest BCUT2D eigenvalue weighted by Crippen LogP contribution is -2.54. The first kappa shape index (κ1) is 18.8. The van der Waals surface area contributed by atoms with Crippen molar-refractivity contribution in [3.63, 3.8) is 0 Å². The van der Waals surface area contributed by atoms with Gasteiger partial charge >= 0.3 is 0 Å². The lowest BCUT2D eigenvalue weighted by Gasteiger charge is -2.39. The fourth-order valence-corrected chi connectivity index (χ4v) is 3.01. The lowest BCUT2D eigenvalue weighted by molar-refractivity contribution is -0.125. The number of nitrogens with zero attached hydrogens (tertiary/aromatic N) is 7. The molecule has 0 aliphatic carbocycles. The van der Waals surface area contributed by atoms with Gasteiger partial charge in [0.2, 0.25) is 11.8 Å². The Morgan fingerprint density at radius 2 is 2.07 bits per heavy atom. The zero-order valence-corrected chi connectivity index (χ0v) is 16.3. The Kier molecular flexibility index (Phi) is 5.32. The number of rotatable bonds is 7. The van der Waals surface area contributed by atoms with E-state index < -0.39 is 0 Å². The molecule has 1 fully saturated rings. The van der Waals surface area contributed by atoms with E-state index >= 15 is 0 Å². The summed E-state index contributed by atoms with van der Waals surface area (Å²) in [6.07, 6.45) is 6.22. The van der Waals surface area contributed by atoms with Crippen LogP contribution < -0.4 is 15.0 Å². The van der Waals surface area contributed by atoms with Crippen LogP contribution in [0.1, 0.15) is 19.4 Å². The highest BCUT2D eigenvalue weighted by atomic mass is 16.5. The third-order valence-electron chi connectivity index (χ3n) is 4.52. The fourth-order valence-electron chi connectivity index (χ4n) is 3.01. The molecule has 1 N–H and O–H groups in total. The topological polar surface area (TPSA) is 111 Å². The zero-order valence-electron chi connectivity index (χ0n) is 16.3.